The maximum atomic E-state index is 13.1. The molecule has 1 amide bonds. The van der Waals surface area contributed by atoms with Crippen LogP contribution in [0.1, 0.15) is 69.9 Å². The van der Waals surface area contributed by atoms with Gasteiger partial charge < -0.3 is 34.2 Å². The summed E-state index contributed by atoms with van der Waals surface area (Å²) in [6.45, 7) is 10.3. The molecule has 5 aromatic heterocycles. The van der Waals surface area contributed by atoms with Gasteiger partial charge in [0.2, 0.25) is 0 Å². The average Bonchev–Trinajstić information content (AvgIpc) is 4.51. The number of nitrogens with zero attached hydrogens (tertiary/aromatic N) is 6. The van der Waals surface area contributed by atoms with Gasteiger partial charge in [-0.05, 0) is 130 Å². The van der Waals surface area contributed by atoms with Gasteiger partial charge in [-0.2, -0.15) is 0 Å². The van der Waals surface area contributed by atoms with E-state index in [-0.39, 0.29) is 18.3 Å². The van der Waals surface area contributed by atoms with Crippen LogP contribution in [0.25, 0.3) is 102 Å². The Kier molecular flexibility index (Phi) is 12.2. The quantitative estimate of drug-likeness (QED) is 0.120. The number of amides is 1. The topological polar surface area (TPSA) is 167 Å². The Bertz CT molecular complexity index is 4290. The minimum atomic E-state index is -0.889. The molecule has 3 N–H and O–H groups in total. The highest BCUT2D eigenvalue weighted by molar-refractivity contribution is 6.07. The number of hydrogen-bond acceptors (Lipinski definition) is 10. The number of carbonyl (C=O) groups excluding carboxylic acids is 1. The predicted molar refractivity (Wildman–Crippen MR) is 318 cm³/mol. The Hall–Kier alpha value is -9.60. The SMILES string of the molecule is Cc1ccc(-c2c3nc(c(-c4ccc(C)cc4)c4ccc([nH]4)c(-c4ccc(OC[C@H]5O[C@@H](n6cnc7c(NC(=O)c8ccccc8)ncnc76)[C@@H]6OC(C)(C)O[C@@H]65)cc4)c4nc(c(-c5ccc(C)cc5)c5ccc2[nH]5)C=C4)C=C3)cc1. The summed E-state index contributed by atoms with van der Waals surface area (Å²) in [7, 11) is 0. The van der Waals surface area contributed by atoms with Crippen molar-refractivity contribution in [3.05, 3.63) is 209 Å². The van der Waals surface area contributed by atoms with Crippen LogP contribution < -0.4 is 10.1 Å². The van der Waals surface area contributed by atoms with Crippen LogP contribution in [0.4, 0.5) is 5.82 Å². The minimum Gasteiger partial charge on any atom is -0.491 e. The van der Waals surface area contributed by atoms with E-state index in [2.05, 4.69) is 185 Å². The monoisotopic (exact) mass is 1070 g/mol. The zero-order valence-electron chi connectivity index (χ0n) is 45.1. The summed E-state index contributed by atoms with van der Waals surface area (Å²) in [5.74, 6) is -0.269. The fourth-order valence-corrected chi connectivity index (χ4v) is 11.4. The number of benzene rings is 5. The maximum absolute atomic E-state index is 13.1. The lowest BCUT2D eigenvalue weighted by atomic mass is 10.0. The van der Waals surface area contributed by atoms with Crippen molar-refractivity contribution < 1.29 is 23.7 Å². The Balaban J connectivity index is 0.849. The van der Waals surface area contributed by atoms with Crippen LogP contribution in [0.5, 0.6) is 5.75 Å². The highest BCUT2D eigenvalue weighted by atomic mass is 16.8. The lowest BCUT2D eigenvalue weighted by Crippen LogP contribution is -2.33. The molecule has 398 valence electrons. The minimum absolute atomic E-state index is 0.165. The van der Waals surface area contributed by atoms with E-state index in [0.29, 0.717) is 22.5 Å². The van der Waals surface area contributed by atoms with Gasteiger partial charge in [0.15, 0.2) is 29.0 Å². The molecule has 0 saturated carbocycles. The van der Waals surface area contributed by atoms with Gasteiger partial charge in [-0.1, -0.05) is 120 Å². The first-order valence-corrected chi connectivity index (χ1v) is 27.1. The van der Waals surface area contributed by atoms with Crippen molar-refractivity contribution in [2.24, 2.45) is 0 Å². The third-order valence-electron chi connectivity index (χ3n) is 15.4. The molecule has 9 heterocycles. The Labute approximate surface area is 466 Å². The molecule has 2 fully saturated rings. The molecule has 0 radical (unpaired) electrons. The lowest BCUT2D eigenvalue weighted by molar-refractivity contribution is -0.198. The van der Waals surface area contributed by atoms with Crippen LogP contribution in [0, 0.1) is 20.8 Å². The van der Waals surface area contributed by atoms with Crippen molar-refractivity contribution in [2.75, 3.05) is 11.9 Å². The number of carbonyl (C=O) groups is 1. The van der Waals surface area contributed by atoms with Gasteiger partial charge in [0.25, 0.3) is 5.91 Å². The van der Waals surface area contributed by atoms with Gasteiger partial charge in [-0.3, -0.25) is 9.36 Å². The molecule has 8 bridgehead atoms. The fourth-order valence-electron chi connectivity index (χ4n) is 11.4. The standard InChI is InChI=1S/C67H55N9O5/c1-38-11-17-41(18-12-38)56-47-27-29-49(71-47)57(42-19-13-39(2)14-20-42)51-31-33-53(73-51)59(54-34-32-52(74-54)58(50-30-28-48(56)72-50)43-21-15-40(3)16-22-43)44-23-25-46(26-24-44)78-35-55-61-62(81-67(4,5)80-61)66(79-55)76-37-70-60-63(68-36-69-64(60)76)75-65(77)45-9-7-6-8-10-45/h6-34,36-37,55,61-62,66,71,74H,35H2,1-5H3,(H,68,69,75,77)/t55-,61-,62-,66-/m1/s1. The number of aromatic amines is 2. The summed E-state index contributed by atoms with van der Waals surface area (Å²) in [6.07, 6.45) is 9.32. The Morgan fingerprint density at radius 3 is 1.51 bits per heavy atom. The molecule has 81 heavy (non-hydrogen) atoms. The Morgan fingerprint density at radius 2 is 1.02 bits per heavy atom. The predicted octanol–water partition coefficient (Wildman–Crippen LogP) is 14.1. The van der Waals surface area contributed by atoms with Crippen LogP contribution in [0.2, 0.25) is 0 Å². The van der Waals surface area contributed by atoms with Crippen LogP contribution >= 0.6 is 0 Å². The van der Waals surface area contributed by atoms with E-state index in [9.17, 15) is 4.79 Å². The molecule has 0 spiro atoms. The number of H-pyrrole nitrogens is 2. The molecule has 4 atom stereocenters. The number of anilines is 1. The second-order valence-corrected chi connectivity index (χ2v) is 21.4. The first kappa shape index (κ1) is 49.7. The first-order valence-electron chi connectivity index (χ1n) is 27.1. The number of hydrogen-bond donors (Lipinski definition) is 3. The van der Waals surface area contributed by atoms with Gasteiger partial charge in [-0.15, -0.1) is 0 Å². The molecule has 4 aliphatic rings. The molecule has 4 aliphatic heterocycles. The van der Waals surface area contributed by atoms with Crippen molar-refractivity contribution in [1.29, 1.82) is 0 Å². The van der Waals surface area contributed by atoms with E-state index in [0.717, 1.165) is 89.4 Å². The zero-order chi connectivity index (χ0) is 54.9. The summed E-state index contributed by atoms with van der Waals surface area (Å²) < 4.78 is 28.1. The molecule has 10 aromatic rings. The molecular formula is C67H55N9O5. The van der Waals surface area contributed by atoms with E-state index in [1.807, 2.05) is 44.2 Å². The smallest absolute Gasteiger partial charge is 0.256 e. The van der Waals surface area contributed by atoms with Gasteiger partial charge in [-0.25, -0.2) is 24.9 Å². The van der Waals surface area contributed by atoms with E-state index in [1.54, 1.807) is 23.0 Å². The number of rotatable bonds is 10. The summed E-state index contributed by atoms with van der Waals surface area (Å²) >= 11 is 0. The van der Waals surface area contributed by atoms with Crippen molar-refractivity contribution in [3.8, 4) is 50.3 Å². The van der Waals surface area contributed by atoms with Gasteiger partial charge in [0, 0.05) is 49.9 Å². The number of imidazole rings is 1. The first-order chi connectivity index (χ1) is 39.5. The van der Waals surface area contributed by atoms with Gasteiger partial charge in [0.05, 0.1) is 29.1 Å². The maximum Gasteiger partial charge on any atom is 0.256 e. The van der Waals surface area contributed by atoms with E-state index < -0.39 is 30.3 Å². The number of fused-ring (bicyclic) bond motifs is 10. The average molecular weight is 1070 g/mol. The van der Waals surface area contributed by atoms with E-state index >= 15 is 0 Å². The summed E-state index contributed by atoms with van der Waals surface area (Å²) in [5, 5.41) is 2.89. The third-order valence-corrected chi connectivity index (χ3v) is 15.4. The van der Waals surface area contributed by atoms with Crippen LogP contribution in [-0.4, -0.2) is 76.1 Å². The van der Waals surface area contributed by atoms with Gasteiger partial charge in [0.1, 0.15) is 37.0 Å². The van der Waals surface area contributed by atoms with E-state index in [1.165, 1.54) is 23.0 Å². The summed E-state index contributed by atoms with van der Waals surface area (Å²) in [6, 6.07) is 51.5. The largest absolute Gasteiger partial charge is 0.491 e. The third kappa shape index (κ3) is 9.28. The number of nitrogens with one attached hydrogen (secondary N) is 3. The highest BCUT2D eigenvalue weighted by Crippen LogP contribution is 2.45. The van der Waals surface area contributed by atoms with Crippen molar-refractivity contribution in [2.45, 2.75) is 64.9 Å². The second-order valence-electron chi connectivity index (χ2n) is 21.4. The normalized spacial score (nSPS) is 17.9. The molecular weight excluding hydrogens is 1010 g/mol. The molecule has 0 unspecified atom stereocenters. The lowest BCUT2D eigenvalue weighted by Gasteiger charge is -2.24. The summed E-state index contributed by atoms with van der Waals surface area (Å²) in [5.41, 5.74) is 19.9. The molecule has 2 saturated heterocycles. The zero-order valence-corrected chi connectivity index (χ0v) is 45.1. The van der Waals surface area contributed by atoms with Gasteiger partial charge >= 0.3 is 0 Å². The molecule has 0 aliphatic carbocycles. The summed E-state index contributed by atoms with van der Waals surface area (Å²) in [4.78, 5) is 45.4. The molecule has 14 nitrogen and oxygen atoms in total. The molecule has 14 heteroatoms. The number of aromatic nitrogens is 8. The van der Waals surface area contributed by atoms with Crippen LogP contribution in [0.3, 0.4) is 0 Å². The number of aryl methyl sites for hydroxylation is 3. The molecule has 5 aromatic carbocycles. The molecule has 14 rings (SSSR count). The van der Waals surface area contributed by atoms with Crippen LogP contribution in [0.15, 0.2) is 164 Å². The highest BCUT2D eigenvalue weighted by Gasteiger charge is 2.56. The van der Waals surface area contributed by atoms with Crippen LogP contribution in [-0.2, 0) is 14.2 Å². The second kappa shape index (κ2) is 19.9. The van der Waals surface area contributed by atoms with E-state index in [4.69, 9.17) is 28.9 Å². The van der Waals surface area contributed by atoms with Crippen molar-refractivity contribution in [1.82, 2.24) is 39.5 Å². The van der Waals surface area contributed by atoms with Crippen molar-refractivity contribution >= 4 is 69.3 Å². The fraction of sp³-hybridized carbons (Fsp3) is 0.164. The van der Waals surface area contributed by atoms with Crippen molar-refractivity contribution in [3.63, 3.8) is 0 Å². The Morgan fingerprint density at radius 1 is 0.568 bits per heavy atom. The number of ether oxygens (including phenoxy) is 4.